The van der Waals surface area contributed by atoms with Gasteiger partial charge in [-0.2, -0.15) is 0 Å². The van der Waals surface area contributed by atoms with Crippen molar-refractivity contribution in [1.29, 1.82) is 0 Å². The molecule has 0 bridgehead atoms. The highest BCUT2D eigenvalue weighted by Crippen LogP contribution is 2.29. The zero-order chi connectivity index (χ0) is 14.1. The van der Waals surface area contributed by atoms with Crippen LogP contribution in [-0.2, 0) is 11.3 Å². The molecule has 1 aliphatic heterocycles. The molecule has 3 rings (SSSR count). The highest BCUT2D eigenvalue weighted by molar-refractivity contribution is 5.45. The van der Waals surface area contributed by atoms with Crippen LogP contribution in [0, 0.1) is 22.1 Å². The number of nitrogens with zero attached hydrogens (tertiary/aromatic N) is 3. The molecule has 1 aromatic heterocycles. The molecule has 7 nitrogen and oxygen atoms in total. The van der Waals surface area contributed by atoms with Crippen LogP contribution in [0.2, 0.25) is 0 Å². The van der Waals surface area contributed by atoms with Crippen molar-refractivity contribution in [3.05, 3.63) is 15.8 Å². The largest absolute Gasteiger partial charge is 0.443 e. The van der Waals surface area contributed by atoms with Crippen molar-refractivity contribution in [3.8, 4) is 18.0 Å². The average Bonchev–Trinajstić information content (AvgIpc) is 3.06. The molecular weight excluding hydrogens is 262 g/mol. The maximum absolute atomic E-state index is 11.0. The first-order valence-corrected chi connectivity index (χ1v) is 6.73. The van der Waals surface area contributed by atoms with E-state index in [0.29, 0.717) is 6.54 Å². The third kappa shape index (κ3) is 2.29. The minimum atomic E-state index is -0.543. The van der Waals surface area contributed by atoms with Gasteiger partial charge in [0.1, 0.15) is 18.3 Å². The SMILES string of the molecule is CC1Cn2c(nc([N+](=O)[O-])c2C#COC2CCCC2)O1. The summed E-state index contributed by atoms with van der Waals surface area (Å²) in [5, 5.41) is 11.0. The Morgan fingerprint density at radius 1 is 1.50 bits per heavy atom. The molecule has 1 saturated carbocycles. The molecule has 0 saturated heterocycles. The van der Waals surface area contributed by atoms with Gasteiger partial charge in [0.15, 0.2) is 0 Å². The molecule has 0 amide bonds. The van der Waals surface area contributed by atoms with Gasteiger partial charge in [-0.25, -0.2) is 0 Å². The molecular formula is C13H15N3O4. The first-order valence-electron chi connectivity index (χ1n) is 6.73. The Bertz CT molecular complexity index is 593. The highest BCUT2D eigenvalue weighted by atomic mass is 16.6. The molecule has 0 spiro atoms. The van der Waals surface area contributed by atoms with Crippen LogP contribution in [-0.4, -0.2) is 26.7 Å². The summed E-state index contributed by atoms with van der Waals surface area (Å²) < 4.78 is 12.5. The number of imidazole rings is 1. The van der Waals surface area contributed by atoms with Crippen LogP contribution < -0.4 is 4.74 Å². The van der Waals surface area contributed by atoms with E-state index in [-0.39, 0.29) is 29.7 Å². The highest BCUT2D eigenvalue weighted by Gasteiger charge is 2.34. The summed E-state index contributed by atoms with van der Waals surface area (Å²) in [7, 11) is 0. The summed E-state index contributed by atoms with van der Waals surface area (Å²) in [6.45, 7) is 2.40. The third-order valence-electron chi connectivity index (χ3n) is 3.53. The van der Waals surface area contributed by atoms with Gasteiger partial charge in [-0.05, 0) is 37.5 Å². The fraction of sp³-hybridized carbons (Fsp3) is 0.615. The molecule has 1 atom stereocenters. The van der Waals surface area contributed by atoms with E-state index in [1.165, 1.54) is 0 Å². The second-order valence-electron chi connectivity index (χ2n) is 5.11. The van der Waals surface area contributed by atoms with E-state index in [1.54, 1.807) is 4.57 Å². The Hall–Kier alpha value is -2.23. The molecule has 1 fully saturated rings. The van der Waals surface area contributed by atoms with Crippen LogP contribution in [0.3, 0.4) is 0 Å². The minimum Gasteiger partial charge on any atom is -0.443 e. The molecule has 1 aromatic rings. The summed E-state index contributed by atoms with van der Waals surface area (Å²) in [4.78, 5) is 14.3. The van der Waals surface area contributed by atoms with Crippen molar-refractivity contribution >= 4 is 5.82 Å². The third-order valence-corrected chi connectivity index (χ3v) is 3.53. The Balaban J connectivity index is 1.84. The van der Waals surface area contributed by atoms with Gasteiger partial charge in [0.25, 0.3) is 0 Å². The van der Waals surface area contributed by atoms with E-state index in [1.807, 2.05) is 6.92 Å². The maximum atomic E-state index is 11.0. The van der Waals surface area contributed by atoms with Crippen molar-refractivity contribution in [1.82, 2.24) is 9.55 Å². The number of hydrogen-bond donors (Lipinski definition) is 0. The standard InChI is InChI=1S/C13H15N3O4/c1-9-8-15-11(6-7-19-10-4-2-3-5-10)12(16(17)18)14-13(15)20-9/h9-10H,2-5,8H2,1H3. The minimum absolute atomic E-state index is 0.0467. The van der Waals surface area contributed by atoms with E-state index in [9.17, 15) is 10.1 Å². The Morgan fingerprint density at radius 2 is 2.25 bits per heavy atom. The van der Waals surface area contributed by atoms with Gasteiger partial charge in [0, 0.05) is 10.9 Å². The van der Waals surface area contributed by atoms with Crippen molar-refractivity contribution in [2.75, 3.05) is 0 Å². The zero-order valence-corrected chi connectivity index (χ0v) is 11.2. The molecule has 2 heterocycles. The average molecular weight is 277 g/mol. The first kappa shape index (κ1) is 12.8. The van der Waals surface area contributed by atoms with Crippen LogP contribution in [0.15, 0.2) is 0 Å². The number of rotatable bonds is 2. The normalized spacial score (nSPS) is 20.9. The lowest BCUT2D eigenvalue weighted by atomic mass is 10.3. The zero-order valence-electron chi connectivity index (χ0n) is 11.2. The number of fused-ring (bicyclic) bond motifs is 1. The first-order chi connectivity index (χ1) is 9.65. The molecule has 0 radical (unpaired) electrons. The molecule has 0 N–H and O–H groups in total. The summed E-state index contributed by atoms with van der Waals surface area (Å²) in [6, 6.07) is 0.259. The maximum Gasteiger partial charge on any atom is 0.415 e. The number of aromatic nitrogens is 2. The molecule has 1 unspecified atom stereocenters. The summed E-state index contributed by atoms with van der Waals surface area (Å²) >= 11 is 0. The lowest BCUT2D eigenvalue weighted by molar-refractivity contribution is -0.389. The van der Waals surface area contributed by atoms with E-state index >= 15 is 0 Å². The van der Waals surface area contributed by atoms with Crippen LogP contribution in [0.5, 0.6) is 6.01 Å². The van der Waals surface area contributed by atoms with E-state index < -0.39 is 4.92 Å². The quantitative estimate of drug-likeness (QED) is 0.468. The van der Waals surface area contributed by atoms with Crippen molar-refractivity contribution in [3.63, 3.8) is 0 Å². The molecule has 2 aliphatic rings. The number of hydrogen-bond acceptors (Lipinski definition) is 5. The molecule has 7 heteroatoms. The predicted octanol–water partition coefficient (Wildman–Crippen LogP) is 1.84. The van der Waals surface area contributed by atoms with Gasteiger partial charge in [0.05, 0.1) is 6.54 Å². The molecule has 1 aliphatic carbocycles. The van der Waals surface area contributed by atoms with Gasteiger partial charge < -0.3 is 19.6 Å². The number of ether oxygens (including phenoxy) is 2. The van der Waals surface area contributed by atoms with Crippen LogP contribution >= 0.6 is 0 Å². The van der Waals surface area contributed by atoms with Gasteiger partial charge in [-0.15, -0.1) is 0 Å². The monoisotopic (exact) mass is 277 g/mol. The van der Waals surface area contributed by atoms with Crippen molar-refractivity contribution in [2.24, 2.45) is 0 Å². The Kier molecular flexibility index (Phi) is 3.22. The van der Waals surface area contributed by atoms with Crippen LogP contribution in [0.4, 0.5) is 5.82 Å². The van der Waals surface area contributed by atoms with Crippen molar-refractivity contribution in [2.45, 2.75) is 51.4 Å². The summed E-state index contributed by atoms with van der Waals surface area (Å²) in [5.74, 6) is 2.46. The molecule has 20 heavy (non-hydrogen) atoms. The fourth-order valence-electron chi connectivity index (χ4n) is 2.57. The second kappa shape index (κ2) is 5.04. The van der Waals surface area contributed by atoms with Gasteiger partial charge in [-0.1, -0.05) is 0 Å². The van der Waals surface area contributed by atoms with Crippen LogP contribution in [0.25, 0.3) is 0 Å². The van der Waals surface area contributed by atoms with E-state index in [0.717, 1.165) is 25.7 Å². The summed E-state index contributed by atoms with van der Waals surface area (Å²) in [6.07, 6.45) is 7.01. The van der Waals surface area contributed by atoms with E-state index in [2.05, 4.69) is 17.0 Å². The lowest BCUT2D eigenvalue weighted by Gasteiger charge is -2.03. The van der Waals surface area contributed by atoms with Crippen molar-refractivity contribution < 1.29 is 14.4 Å². The van der Waals surface area contributed by atoms with Gasteiger partial charge in [0.2, 0.25) is 5.69 Å². The lowest BCUT2D eigenvalue weighted by Crippen LogP contribution is -2.10. The molecule has 106 valence electrons. The van der Waals surface area contributed by atoms with Gasteiger partial charge in [-0.3, -0.25) is 4.57 Å². The predicted molar refractivity (Wildman–Crippen MR) is 69.2 cm³/mol. The number of nitro groups is 1. The fourth-order valence-corrected chi connectivity index (χ4v) is 2.57. The second-order valence-corrected chi connectivity index (χ2v) is 5.11. The van der Waals surface area contributed by atoms with E-state index in [4.69, 9.17) is 9.47 Å². The Morgan fingerprint density at radius 3 is 2.95 bits per heavy atom. The van der Waals surface area contributed by atoms with Gasteiger partial charge >= 0.3 is 11.8 Å². The smallest absolute Gasteiger partial charge is 0.415 e. The molecule has 0 aromatic carbocycles. The van der Waals surface area contributed by atoms with Crippen LogP contribution in [0.1, 0.15) is 38.3 Å². The summed E-state index contributed by atoms with van der Waals surface area (Å²) in [5.41, 5.74) is 0.257. The topological polar surface area (TPSA) is 79.4 Å². The Labute approximate surface area is 116 Å².